The van der Waals surface area contributed by atoms with Crippen molar-refractivity contribution in [1.82, 2.24) is 9.62 Å². The molecule has 1 aliphatic rings. The Morgan fingerprint density at radius 2 is 2.16 bits per heavy atom. The van der Waals surface area contributed by atoms with E-state index in [0.717, 1.165) is 51.9 Å². The minimum atomic E-state index is 0.503. The molecule has 0 aromatic carbocycles. The van der Waals surface area contributed by atoms with Crippen molar-refractivity contribution in [3.05, 3.63) is 73.4 Å². The van der Waals surface area contributed by atoms with Crippen molar-refractivity contribution in [2.45, 2.75) is 32.1 Å². The van der Waals surface area contributed by atoms with E-state index in [1.165, 1.54) is 17.6 Å². The van der Waals surface area contributed by atoms with Crippen molar-refractivity contribution in [3.8, 4) is 0 Å². The van der Waals surface area contributed by atoms with E-state index >= 15 is 0 Å². The summed E-state index contributed by atoms with van der Waals surface area (Å²) in [6, 6.07) is 0. The van der Waals surface area contributed by atoms with Gasteiger partial charge in [0, 0.05) is 26.2 Å². The van der Waals surface area contributed by atoms with E-state index in [1.807, 2.05) is 18.2 Å². The van der Waals surface area contributed by atoms with Crippen LogP contribution in [0.15, 0.2) is 73.4 Å². The summed E-state index contributed by atoms with van der Waals surface area (Å²) in [7, 11) is 0. The fourth-order valence-corrected chi connectivity index (χ4v) is 3.17. The van der Waals surface area contributed by atoms with Crippen LogP contribution in [0, 0.1) is 5.92 Å². The van der Waals surface area contributed by atoms with Crippen LogP contribution < -0.4 is 4.72 Å². The van der Waals surface area contributed by atoms with Gasteiger partial charge in [0.15, 0.2) is 0 Å². The van der Waals surface area contributed by atoms with Crippen molar-refractivity contribution in [3.63, 3.8) is 0 Å². The van der Waals surface area contributed by atoms with Gasteiger partial charge in [-0.1, -0.05) is 68.5 Å². The average molecular weight is 359 g/mol. The maximum absolute atomic E-state index is 4.14. The smallest absolute Gasteiger partial charge is 0.0231 e. The molecule has 0 heterocycles. The normalized spacial score (nSPS) is 15.8. The molecule has 0 bridgehead atoms. The second-order valence-corrected chi connectivity index (χ2v) is 6.79. The molecule has 0 aromatic rings. The van der Waals surface area contributed by atoms with E-state index in [4.69, 9.17) is 0 Å². The minimum absolute atomic E-state index is 0.503. The molecule has 0 fully saturated rings. The molecule has 1 unspecified atom stereocenters. The minimum Gasteiger partial charge on any atom is -0.297 e. The predicted octanol–water partition coefficient (Wildman–Crippen LogP) is 5.27. The highest BCUT2D eigenvalue weighted by Gasteiger charge is 2.13. The number of nitrogens with one attached hydrogen (secondary N) is 1. The highest BCUT2D eigenvalue weighted by Crippen LogP contribution is 2.17. The Labute approximate surface area is 160 Å². The average Bonchev–Trinajstić information content (AvgIpc) is 2.65. The van der Waals surface area contributed by atoms with Gasteiger partial charge in [0.2, 0.25) is 0 Å². The highest BCUT2D eigenvalue weighted by atomic mass is 32.1. The van der Waals surface area contributed by atoms with Crippen LogP contribution in [0.25, 0.3) is 0 Å². The maximum Gasteiger partial charge on any atom is 0.0231 e. The van der Waals surface area contributed by atoms with Gasteiger partial charge in [-0.3, -0.25) is 9.62 Å². The quantitative estimate of drug-likeness (QED) is 0.250. The molecular weight excluding hydrogens is 324 g/mol. The van der Waals surface area contributed by atoms with Crippen LogP contribution in [0.2, 0.25) is 0 Å². The first-order chi connectivity index (χ1) is 12.2. The summed E-state index contributed by atoms with van der Waals surface area (Å²) in [5.74, 6) is 0.503. The Morgan fingerprint density at radius 3 is 2.76 bits per heavy atom. The first kappa shape index (κ1) is 21.8. The maximum atomic E-state index is 4.14. The van der Waals surface area contributed by atoms with Gasteiger partial charge in [0.25, 0.3) is 0 Å². The highest BCUT2D eigenvalue weighted by molar-refractivity contribution is 7.78. The van der Waals surface area contributed by atoms with Crippen molar-refractivity contribution in [1.29, 1.82) is 0 Å². The number of allylic oxidation sites excluding steroid dienone is 6. The molecule has 138 valence electrons. The van der Waals surface area contributed by atoms with E-state index in [9.17, 15) is 0 Å². The lowest BCUT2D eigenvalue weighted by atomic mass is 9.98. The van der Waals surface area contributed by atoms with Gasteiger partial charge in [-0.15, -0.1) is 6.58 Å². The summed E-state index contributed by atoms with van der Waals surface area (Å²) < 4.78 is 2.97. The van der Waals surface area contributed by atoms with Gasteiger partial charge >= 0.3 is 0 Å². The summed E-state index contributed by atoms with van der Waals surface area (Å²) in [5.41, 5.74) is 2.68. The summed E-state index contributed by atoms with van der Waals surface area (Å²) in [6.07, 6.45) is 20.5. The van der Waals surface area contributed by atoms with Crippen LogP contribution in [0.5, 0.6) is 0 Å². The van der Waals surface area contributed by atoms with Crippen LogP contribution in [0.3, 0.4) is 0 Å². The Kier molecular flexibility index (Phi) is 12.1. The van der Waals surface area contributed by atoms with Gasteiger partial charge in [0.05, 0.1) is 0 Å². The van der Waals surface area contributed by atoms with Crippen molar-refractivity contribution >= 4 is 12.8 Å². The van der Waals surface area contributed by atoms with Crippen LogP contribution in [-0.4, -0.2) is 31.1 Å². The Morgan fingerprint density at radius 1 is 1.32 bits per heavy atom. The van der Waals surface area contributed by atoms with Crippen LogP contribution in [0.1, 0.15) is 32.1 Å². The van der Waals surface area contributed by atoms with E-state index in [1.54, 1.807) is 0 Å². The molecule has 25 heavy (non-hydrogen) atoms. The second-order valence-electron chi connectivity index (χ2n) is 6.47. The van der Waals surface area contributed by atoms with E-state index in [0.29, 0.717) is 5.92 Å². The van der Waals surface area contributed by atoms with Crippen molar-refractivity contribution in [2.75, 3.05) is 26.2 Å². The summed E-state index contributed by atoms with van der Waals surface area (Å²) in [4.78, 5) is 2.51. The topological polar surface area (TPSA) is 15.3 Å². The van der Waals surface area contributed by atoms with Crippen molar-refractivity contribution in [2.24, 2.45) is 5.92 Å². The molecule has 0 aromatic heterocycles. The van der Waals surface area contributed by atoms with Gasteiger partial charge in [-0.2, -0.15) is 0 Å². The number of thiol groups is 1. The molecule has 1 aliphatic carbocycles. The van der Waals surface area contributed by atoms with Crippen LogP contribution in [-0.2, 0) is 0 Å². The Balaban J connectivity index is 2.52. The first-order valence-corrected chi connectivity index (χ1v) is 9.69. The zero-order valence-corrected chi connectivity index (χ0v) is 16.4. The third kappa shape index (κ3) is 9.69. The predicted molar refractivity (Wildman–Crippen MR) is 116 cm³/mol. The molecule has 0 aliphatic heterocycles. The molecule has 0 saturated heterocycles. The fraction of sp³-hybridized carbons (Fsp3) is 0.455. The zero-order chi connectivity index (χ0) is 18.3. The monoisotopic (exact) mass is 358 g/mol. The van der Waals surface area contributed by atoms with Gasteiger partial charge in [0.1, 0.15) is 0 Å². The molecule has 1 N–H and O–H groups in total. The molecular formula is C22H34N2S. The fourth-order valence-electron chi connectivity index (χ4n) is 3.07. The van der Waals surface area contributed by atoms with E-state index in [-0.39, 0.29) is 0 Å². The Bertz CT molecular complexity index is 502. The van der Waals surface area contributed by atoms with Crippen molar-refractivity contribution < 1.29 is 0 Å². The molecule has 1 rings (SSSR count). The number of rotatable bonds is 14. The molecule has 3 heteroatoms. The SMILES string of the molecule is C=C/C=C(\C=C)CCCC(C=C)CN(CCNS)CC1=CCCC=C1. The largest absolute Gasteiger partial charge is 0.297 e. The summed E-state index contributed by atoms with van der Waals surface area (Å²) in [6.45, 7) is 15.6. The van der Waals surface area contributed by atoms with Crippen LogP contribution >= 0.6 is 12.8 Å². The van der Waals surface area contributed by atoms with E-state index in [2.05, 4.69) is 66.5 Å². The molecule has 0 radical (unpaired) electrons. The number of nitrogens with zero attached hydrogens (tertiary/aromatic N) is 1. The molecule has 0 spiro atoms. The van der Waals surface area contributed by atoms with E-state index < -0.39 is 0 Å². The lowest BCUT2D eigenvalue weighted by Gasteiger charge is -2.27. The third-order valence-corrected chi connectivity index (χ3v) is 4.70. The molecule has 1 atom stereocenters. The number of hydrogen-bond acceptors (Lipinski definition) is 3. The molecule has 2 nitrogen and oxygen atoms in total. The molecule has 0 saturated carbocycles. The van der Waals surface area contributed by atoms with Gasteiger partial charge in [-0.25, -0.2) is 0 Å². The van der Waals surface area contributed by atoms with Gasteiger partial charge < -0.3 is 0 Å². The summed E-state index contributed by atoms with van der Waals surface area (Å²) in [5, 5.41) is 0. The standard InChI is InChI=1S/C22H34N2S/c1-4-11-20(5-2)14-10-15-21(6-3)18-24(17-16-23-25)19-22-12-8-7-9-13-22/h4-6,8,11-13,21,23,25H,1-3,7,9-10,14-19H2/b20-11+. The Hall–Kier alpha value is -1.29. The summed E-state index contributed by atoms with van der Waals surface area (Å²) >= 11 is 4.14. The lowest BCUT2D eigenvalue weighted by Crippen LogP contribution is -2.35. The lowest BCUT2D eigenvalue weighted by molar-refractivity contribution is 0.266. The number of hydrogen-bond donors (Lipinski definition) is 2. The van der Waals surface area contributed by atoms with Crippen LogP contribution in [0.4, 0.5) is 0 Å². The van der Waals surface area contributed by atoms with Gasteiger partial charge in [-0.05, 0) is 49.2 Å². The first-order valence-electron chi connectivity index (χ1n) is 9.25. The molecule has 0 amide bonds. The zero-order valence-electron chi connectivity index (χ0n) is 15.5. The second kappa shape index (κ2) is 13.9. The third-order valence-electron chi connectivity index (χ3n) is 4.48.